The van der Waals surface area contributed by atoms with Crippen LogP contribution in [0.15, 0.2) is 12.4 Å². The minimum absolute atomic E-state index is 0.422. The maximum Gasteiger partial charge on any atom is 0.130 e. The zero-order valence-corrected chi connectivity index (χ0v) is 8.20. The summed E-state index contributed by atoms with van der Waals surface area (Å²) in [5.41, 5.74) is 1.16. The quantitative estimate of drug-likeness (QED) is 0.690. The summed E-state index contributed by atoms with van der Waals surface area (Å²) in [6, 6.07) is 0. The predicted molar refractivity (Wildman–Crippen MR) is 53.0 cm³/mol. The summed E-state index contributed by atoms with van der Waals surface area (Å²) >= 11 is 0. The van der Waals surface area contributed by atoms with Gasteiger partial charge in [0.2, 0.25) is 0 Å². The van der Waals surface area contributed by atoms with Gasteiger partial charge in [-0.1, -0.05) is 13.8 Å². The molecule has 1 aliphatic rings. The summed E-state index contributed by atoms with van der Waals surface area (Å²) < 4.78 is 0. The Morgan fingerprint density at radius 3 is 2.23 bits per heavy atom. The third kappa shape index (κ3) is 1.64. The Morgan fingerprint density at radius 2 is 1.85 bits per heavy atom. The predicted octanol–water partition coefficient (Wildman–Crippen LogP) is 1.81. The van der Waals surface area contributed by atoms with Crippen molar-refractivity contribution in [1.82, 2.24) is 9.97 Å². The molecule has 1 aliphatic heterocycles. The van der Waals surface area contributed by atoms with Gasteiger partial charge in [0.25, 0.3) is 0 Å². The lowest BCUT2D eigenvalue weighted by Gasteiger charge is -2.32. The van der Waals surface area contributed by atoms with Gasteiger partial charge in [0, 0.05) is 19.0 Å². The van der Waals surface area contributed by atoms with E-state index in [0.717, 1.165) is 24.6 Å². The Bertz CT molecular complexity index is 275. The molecule has 1 saturated heterocycles. The molecule has 3 heteroatoms. The second-order valence-corrected chi connectivity index (χ2v) is 3.79. The second kappa shape index (κ2) is 3.32. The van der Waals surface area contributed by atoms with Crippen LogP contribution in [0.4, 0.5) is 5.69 Å². The largest absolute Gasteiger partial charge is 0.369 e. The molecule has 0 unspecified atom stereocenters. The van der Waals surface area contributed by atoms with Gasteiger partial charge in [-0.15, -0.1) is 0 Å². The second-order valence-electron chi connectivity index (χ2n) is 3.79. The monoisotopic (exact) mass is 177 g/mol. The van der Waals surface area contributed by atoms with E-state index < -0.39 is 0 Å². The van der Waals surface area contributed by atoms with Crippen molar-refractivity contribution in [2.75, 3.05) is 18.0 Å². The Kier molecular flexibility index (Phi) is 2.17. The van der Waals surface area contributed by atoms with Crippen LogP contribution in [0.3, 0.4) is 0 Å². The number of hydrogen-bond acceptors (Lipinski definition) is 3. The maximum absolute atomic E-state index is 4.33. The summed E-state index contributed by atoms with van der Waals surface area (Å²) in [4.78, 5) is 11.0. The average molecular weight is 177 g/mol. The topological polar surface area (TPSA) is 29.0 Å². The molecule has 70 valence electrons. The first-order valence-electron chi connectivity index (χ1n) is 4.84. The molecule has 2 rings (SSSR count). The van der Waals surface area contributed by atoms with E-state index in [4.69, 9.17) is 0 Å². The van der Waals surface area contributed by atoms with Crippen LogP contribution in [0.25, 0.3) is 0 Å². The van der Waals surface area contributed by atoms with Gasteiger partial charge < -0.3 is 4.90 Å². The van der Waals surface area contributed by atoms with Gasteiger partial charge >= 0.3 is 0 Å². The summed E-state index contributed by atoms with van der Waals surface area (Å²) in [6.45, 7) is 6.53. The molecule has 0 aromatic carbocycles. The SMILES string of the molecule is CC(C)c1ncc(N2CCC2)cn1. The number of hydrogen-bond donors (Lipinski definition) is 0. The van der Waals surface area contributed by atoms with Crippen LogP contribution in [0.2, 0.25) is 0 Å². The molecule has 0 aliphatic carbocycles. The van der Waals surface area contributed by atoms with Crippen LogP contribution in [0.1, 0.15) is 32.0 Å². The van der Waals surface area contributed by atoms with Crippen LogP contribution in [0.5, 0.6) is 0 Å². The molecular weight excluding hydrogens is 162 g/mol. The first kappa shape index (κ1) is 8.48. The van der Waals surface area contributed by atoms with Crippen LogP contribution < -0.4 is 4.90 Å². The van der Waals surface area contributed by atoms with E-state index in [0.29, 0.717) is 5.92 Å². The first-order valence-corrected chi connectivity index (χ1v) is 4.84. The standard InChI is InChI=1S/C10H15N3/c1-8(2)10-11-6-9(7-12-10)13-4-3-5-13/h6-8H,3-5H2,1-2H3. The molecule has 0 saturated carbocycles. The van der Waals surface area contributed by atoms with Crippen molar-refractivity contribution < 1.29 is 0 Å². The molecular formula is C10H15N3. The minimum atomic E-state index is 0.422. The van der Waals surface area contributed by atoms with Crippen molar-refractivity contribution in [1.29, 1.82) is 0 Å². The summed E-state index contributed by atoms with van der Waals surface area (Å²) in [5.74, 6) is 1.36. The van der Waals surface area contributed by atoms with E-state index in [1.54, 1.807) is 0 Å². The third-order valence-electron chi connectivity index (χ3n) is 2.40. The van der Waals surface area contributed by atoms with Gasteiger partial charge in [-0.2, -0.15) is 0 Å². The summed E-state index contributed by atoms with van der Waals surface area (Å²) in [5, 5.41) is 0. The molecule has 13 heavy (non-hydrogen) atoms. The van der Waals surface area contributed by atoms with Crippen molar-refractivity contribution in [3.8, 4) is 0 Å². The van der Waals surface area contributed by atoms with Gasteiger partial charge in [-0.3, -0.25) is 0 Å². The third-order valence-corrected chi connectivity index (χ3v) is 2.40. The first-order chi connectivity index (χ1) is 6.27. The fourth-order valence-corrected chi connectivity index (χ4v) is 1.37. The molecule has 0 spiro atoms. The zero-order valence-electron chi connectivity index (χ0n) is 8.20. The minimum Gasteiger partial charge on any atom is -0.369 e. The lowest BCUT2D eigenvalue weighted by atomic mass is 10.2. The molecule has 0 radical (unpaired) electrons. The molecule has 2 heterocycles. The molecule has 0 N–H and O–H groups in total. The van der Waals surface area contributed by atoms with E-state index in [9.17, 15) is 0 Å². The Labute approximate surface area is 78.8 Å². The van der Waals surface area contributed by atoms with Crippen molar-refractivity contribution in [3.05, 3.63) is 18.2 Å². The number of aromatic nitrogens is 2. The number of nitrogens with zero attached hydrogens (tertiary/aromatic N) is 3. The Hall–Kier alpha value is -1.12. The number of rotatable bonds is 2. The molecule has 1 aromatic rings. The van der Waals surface area contributed by atoms with Crippen molar-refractivity contribution >= 4 is 5.69 Å². The van der Waals surface area contributed by atoms with Crippen LogP contribution in [-0.2, 0) is 0 Å². The van der Waals surface area contributed by atoms with Crippen molar-refractivity contribution in [2.45, 2.75) is 26.2 Å². The zero-order chi connectivity index (χ0) is 9.26. The lowest BCUT2D eigenvalue weighted by Crippen LogP contribution is -2.37. The van der Waals surface area contributed by atoms with Gasteiger partial charge in [0.15, 0.2) is 0 Å². The van der Waals surface area contributed by atoms with Crippen molar-refractivity contribution in [3.63, 3.8) is 0 Å². The van der Waals surface area contributed by atoms with Crippen LogP contribution >= 0.6 is 0 Å². The van der Waals surface area contributed by atoms with E-state index in [2.05, 4.69) is 28.7 Å². The van der Waals surface area contributed by atoms with Gasteiger partial charge in [-0.05, 0) is 6.42 Å². The molecule has 0 bridgehead atoms. The highest BCUT2D eigenvalue weighted by molar-refractivity contribution is 5.44. The Balaban J connectivity index is 2.13. The van der Waals surface area contributed by atoms with E-state index in [1.165, 1.54) is 6.42 Å². The maximum atomic E-state index is 4.33. The fraction of sp³-hybridized carbons (Fsp3) is 0.600. The van der Waals surface area contributed by atoms with E-state index >= 15 is 0 Å². The smallest absolute Gasteiger partial charge is 0.130 e. The highest BCUT2D eigenvalue weighted by Gasteiger charge is 2.15. The molecule has 0 amide bonds. The van der Waals surface area contributed by atoms with Gasteiger partial charge in [-0.25, -0.2) is 9.97 Å². The van der Waals surface area contributed by atoms with Gasteiger partial charge in [0.1, 0.15) is 5.82 Å². The average Bonchev–Trinajstić information content (AvgIpc) is 2.02. The Morgan fingerprint density at radius 1 is 1.23 bits per heavy atom. The molecule has 0 atom stereocenters. The molecule has 1 aromatic heterocycles. The van der Waals surface area contributed by atoms with Crippen LogP contribution in [0, 0.1) is 0 Å². The summed E-state index contributed by atoms with van der Waals surface area (Å²) in [6.07, 6.45) is 5.16. The normalized spacial score (nSPS) is 16.1. The van der Waals surface area contributed by atoms with E-state index in [-0.39, 0.29) is 0 Å². The van der Waals surface area contributed by atoms with Crippen molar-refractivity contribution in [2.24, 2.45) is 0 Å². The highest BCUT2D eigenvalue weighted by Crippen LogP contribution is 2.19. The number of anilines is 1. The molecule has 1 fully saturated rings. The molecule has 3 nitrogen and oxygen atoms in total. The van der Waals surface area contributed by atoms with Gasteiger partial charge in [0.05, 0.1) is 18.1 Å². The van der Waals surface area contributed by atoms with Crippen LogP contribution in [-0.4, -0.2) is 23.1 Å². The summed E-state index contributed by atoms with van der Waals surface area (Å²) in [7, 11) is 0. The van der Waals surface area contributed by atoms with E-state index in [1.807, 2.05) is 12.4 Å². The lowest BCUT2D eigenvalue weighted by molar-refractivity contribution is 0.613. The highest BCUT2D eigenvalue weighted by atomic mass is 15.2. The fourth-order valence-electron chi connectivity index (χ4n) is 1.37.